The lowest BCUT2D eigenvalue weighted by Gasteiger charge is -2.26. The van der Waals surface area contributed by atoms with E-state index in [1.165, 1.54) is 12.1 Å². The summed E-state index contributed by atoms with van der Waals surface area (Å²) in [4.78, 5) is 26.5. The summed E-state index contributed by atoms with van der Waals surface area (Å²) in [5.41, 5.74) is 1.73. The first kappa shape index (κ1) is 18.9. The molecule has 0 fully saturated rings. The lowest BCUT2D eigenvalue weighted by Crippen LogP contribution is -2.18. The minimum Gasteiger partial charge on any atom is -0.404 e. The van der Waals surface area contributed by atoms with Crippen LogP contribution in [0.2, 0.25) is 0 Å². The van der Waals surface area contributed by atoms with E-state index in [0.29, 0.717) is 0 Å². The Labute approximate surface area is 139 Å². The van der Waals surface area contributed by atoms with Crippen molar-refractivity contribution in [3.63, 3.8) is 0 Å². The smallest absolute Gasteiger partial charge is 0.404 e. The van der Waals surface area contributed by atoms with Crippen LogP contribution in [-0.4, -0.2) is 14.7 Å². The summed E-state index contributed by atoms with van der Waals surface area (Å²) < 4.78 is 30.6. The Hall–Kier alpha value is -1.46. The van der Waals surface area contributed by atoms with Crippen molar-refractivity contribution < 1.29 is 32.6 Å². The molecule has 0 aliphatic carbocycles. The van der Waals surface area contributed by atoms with Crippen molar-refractivity contribution in [1.82, 2.24) is 0 Å². The van der Waals surface area contributed by atoms with E-state index in [2.05, 4.69) is 8.83 Å². The van der Waals surface area contributed by atoms with Crippen LogP contribution in [0.1, 0.15) is 25.0 Å². The van der Waals surface area contributed by atoms with Gasteiger partial charge in [-0.25, -0.2) is 9.13 Å². The average Bonchev–Trinajstić information content (AvgIpc) is 2.45. The Morgan fingerprint density at radius 3 is 1.83 bits per heavy atom. The van der Waals surface area contributed by atoms with Crippen LogP contribution >= 0.6 is 15.6 Å². The van der Waals surface area contributed by atoms with E-state index in [4.69, 9.17) is 9.79 Å². The van der Waals surface area contributed by atoms with Crippen molar-refractivity contribution in [3.8, 4) is 5.75 Å². The molecule has 2 aromatic rings. The molecular formula is C15H18O7P2. The Morgan fingerprint density at radius 1 is 0.833 bits per heavy atom. The maximum atomic E-state index is 11.5. The van der Waals surface area contributed by atoms with Gasteiger partial charge in [0.15, 0.2) is 0 Å². The molecule has 2 rings (SSSR count). The normalized spacial score (nSPS) is 14.9. The molecule has 0 amide bonds. The lowest BCUT2D eigenvalue weighted by molar-refractivity contribution is 0.229. The fraction of sp³-hybridized carbons (Fsp3) is 0.200. The van der Waals surface area contributed by atoms with E-state index in [1.807, 2.05) is 44.2 Å². The minimum absolute atomic E-state index is 0.0399. The third kappa shape index (κ3) is 5.02. The summed E-state index contributed by atoms with van der Waals surface area (Å²) in [7, 11) is -10.1. The van der Waals surface area contributed by atoms with Crippen LogP contribution in [0.15, 0.2) is 54.6 Å². The van der Waals surface area contributed by atoms with E-state index in [9.17, 15) is 14.0 Å². The van der Waals surface area contributed by atoms with Gasteiger partial charge in [-0.05, 0) is 23.3 Å². The van der Waals surface area contributed by atoms with Crippen molar-refractivity contribution >= 4 is 15.6 Å². The van der Waals surface area contributed by atoms with Gasteiger partial charge in [0.2, 0.25) is 0 Å². The van der Waals surface area contributed by atoms with Gasteiger partial charge in [0.05, 0.1) is 0 Å². The third-order valence-electron chi connectivity index (χ3n) is 3.50. The molecule has 0 aliphatic heterocycles. The van der Waals surface area contributed by atoms with E-state index >= 15 is 0 Å². The number of phosphoric ester groups is 1. The second-order valence-corrected chi connectivity index (χ2v) is 8.40. The zero-order chi connectivity index (χ0) is 18.0. The number of hydrogen-bond donors (Lipinski definition) is 3. The molecular weight excluding hydrogens is 354 g/mol. The molecule has 9 heteroatoms. The molecule has 0 spiro atoms. The van der Waals surface area contributed by atoms with E-state index in [0.717, 1.165) is 11.1 Å². The zero-order valence-electron chi connectivity index (χ0n) is 13.1. The fourth-order valence-electron chi connectivity index (χ4n) is 2.24. The van der Waals surface area contributed by atoms with Crippen molar-refractivity contribution in [1.29, 1.82) is 0 Å². The molecule has 1 atom stereocenters. The first-order valence-corrected chi connectivity index (χ1v) is 9.97. The summed E-state index contributed by atoms with van der Waals surface area (Å²) in [6.07, 6.45) is 0. The fourth-order valence-corrected chi connectivity index (χ4v) is 3.83. The molecule has 0 saturated heterocycles. The molecule has 0 heterocycles. The summed E-state index contributed by atoms with van der Waals surface area (Å²) in [6, 6.07) is 16.1. The Balaban J connectivity index is 2.19. The Bertz CT molecular complexity index is 781. The summed E-state index contributed by atoms with van der Waals surface area (Å²) in [5, 5.41) is 0. The van der Waals surface area contributed by atoms with Gasteiger partial charge in [-0.2, -0.15) is 4.31 Å². The van der Waals surface area contributed by atoms with Gasteiger partial charge in [-0.3, -0.25) is 4.89 Å². The van der Waals surface area contributed by atoms with Gasteiger partial charge in [-0.1, -0.05) is 56.3 Å². The molecule has 0 radical (unpaired) electrons. The molecule has 24 heavy (non-hydrogen) atoms. The summed E-state index contributed by atoms with van der Waals surface area (Å²) in [5.74, 6) is -0.0399. The average molecular weight is 372 g/mol. The maximum Gasteiger partial charge on any atom is 0.536 e. The highest BCUT2D eigenvalue weighted by Gasteiger charge is 2.34. The predicted molar refractivity (Wildman–Crippen MR) is 88.6 cm³/mol. The number of phosphoric acid groups is 2. The highest BCUT2D eigenvalue weighted by Crippen LogP contribution is 2.57. The summed E-state index contributed by atoms with van der Waals surface area (Å²) in [6.45, 7) is 4.07. The minimum atomic E-state index is -5.14. The SMILES string of the molecule is CC(C)(c1ccccc1)c1ccc(OP(=O)(O)OP(=O)(O)O)cc1. The molecule has 0 aromatic heterocycles. The first-order valence-electron chi connectivity index (χ1n) is 6.95. The predicted octanol–water partition coefficient (Wildman–Crippen LogP) is 3.60. The molecule has 0 aliphatic rings. The number of benzene rings is 2. The standard InChI is InChI=1S/C15H18O7P2/c1-15(2,12-6-4-3-5-7-12)13-8-10-14(11-9-13)21-24(19,20)22-23(16,17)18/h3-11H,1-2H3,(H,19,20)(H2,16,17,18). The first-order chi connectivity index (χ1) is 11.0. The van der Waals surface area contributed by atoms with E-state index in [1.54, 1.807) is 12.1 Å². The number of rotatable bonds is 6. The molecule has 1 unspecified atom stereocenters. The maximum absolute atomic E-state index is 11.5. The van der Waals surface area contributed by atoms with Gasteiger partial charge < -0.3 is 14.3 Å². The lowest BCUT2D eigenvalue weighted by atomic mass is 9.78. The van der Waals surface area contributed by atoms with Crippen LogP contribution in [0.5, 0.6) is 5.75 Å². The molecule has 3 N–H and O–H groups in total. The van der Waals surface area contributed by atoms with Gasteiger partial charge in [0.25, 0.3) is 0 Å². The zero-order valence-corrected chi connectivity index (χ0v) is 14.9. The quantitative estimate of drug-likeness (QED) is 0.664. The van der Waals surface area contributed by atoms with Crippen molar-refractivity contribution in [2.45, 2.75) is 19.3 Å². The van der Waals surface area contributed by atoms with Crippen LogP contribution in [-0.2, 0) is 18.9 Å². The second-order valence-electron chi connectivity index (χ2n) is 5.65. The largest absolute Gasteiger partial charge is 0.536 e. The van der Waals surface area contributed by atoms with Crippen molar-refractivity contribution in [2.75, 3.05) is 0 Å². The highest BCUT2D eigenvalue weighted by molar-refractivity contribution is 7.60. The number of hydrogen-bond acceptors (Lipinski definition) is 4. The monoisotopic (exact) mass is 372 g/mol. The van der Waals surface area contributed by atoms with Crippen LogP contribution in [0.3, 0.4) is 0 Å². The van der Waals surface area contributed by atoms with Crippen molar-refractivity contribution in [3.05, 3.63) is 65.7 Å². The topological polar surface area (TPSA) is 113 Å². The molecule has 7 nitrogen and oxygen atoms in total. The summed E-state index contributed by atoms with van der Waals surface area (Å²) >= 11 is 0. The van der Waals surface area contributed by atoms with Crippen LogP contribution in [0, 0.1) is 0 Å². The van der Waals surface area contributed by atoms with Crippen LogP contribution in [0.4, 0.5) is 0 Å². The molecule has 2 aromatic carbocycles. The van der Waals surface area contributed by atoms with Gasteiger partial charge in [0, 0.05) is 5.41 Å². The van der Waals surface area contributed by atoms with Gasteiger partial charge in [0.1, 0.15) is 5.75 Å². The van der Waals surface area contributed by atoms with Gasteiger partial charge >= 0.3 is 15.6 Å². The highest BCUT2D eigenvalue weighted by atomic mass is 31.3. The van der Waals surface area contributed by atoms with Crippen molar-refractivity contribution in [2.24, 2.45) is 0 Å². The van der Waals surface area contributed by atoms with Crippen LogP contribution in [0.25, 0.3) is 0 Å². The second kappa shape index (κ2) is 6.81. The van der Waals surface area contributed by atoms with E-state index in [-0.39, 0.29) is 11.2 Å². The third-order valence-corrected chi connectivity index (χ3v) is 5.62. The Kier molecular flexibility index (Phi) is 5.35. The van der Waals surface area contributed by atoms with Crippen LogP contribution < -0.4 is 4.52 Å². The molecule has 0 saturated carbocycles. The molecule has 0 bridgehead atoms. The van der Waals surface area contributed by atoms with E-state index < -0.39 is 15.6 Å². The van der Waals surface area contributed by atoms with Gasteiger partial charge in [-0.15, -0.1) is 0 Å². The molecule has 130 valence electrons. The Morgan fingerprint density at radius 2 is 1.33 bits per heavy atom.